The summed E-state index contributed by atoms with van der Waals surface area (Å²) < 4.78 is 5.56. The third-order valence-corrected chi connectivity index (χ3v) is 2.98. The van der Waals surface area contributed by atoms with E-state index in [1.807, 2.05) is 31.2 Å². The highest BCUT2D eigenvalue weighted by molar-refractivity contribution is 5.49. The Morgan fingerprint density at radius 3 is 2.84 bits per heavy atom. The van der Waals surface area contributed by atoms with Crippen LogP contribution in [0.1, 0.15) is 33.6 Å². The second kappa shape index (κ2) is 7.01. The molecule has 0 heterocycles. The Labute approximate surface area is 115 Å². The number of unbranched alkanes of at least 4 members (excludes halogenated alkanes) is 1. The monoisotopic (exact) mass is 262 g/mol. The predicted octanol–water partition coefficient (Wildman–Crippen LogP) is 2.94. The lowest BCUT2D eigenvalue weighted by atomic mass is 10.0. The average Bonchev–Trinajstić information content (AvgIpc) is 2.34. The van der Waals surface area contributed by atoms with Crippen molar-refractivity contribution in [3.8, 4) is 11.8 Å². The van der Waals surface area contributed by atoms with Crippen molar-refractivity contribution in [3.05, 3.63) is 24.3 Å². The standard InChI is InChI=1S/C15H22N2O2/c1-12(15(2,3)18)17-13-7-6-8-14(11-13)19-10-5-4-9-16/h6-8,11-12,17-18H,4-5,10H2,1-3H3. The van der Waals surface area contributed by atoms with Gasteiger partial charge in [0, 0.05) is 18.2 Å². The molecule has 0 radical (unpaired) electrons. The van der Waals surface area contributed by atoms with Gasteiger partial charge in [0.05, 0.1) is 24.3 Å². The van der Waals surface area contributed by atoms with Crippen molar-refractivity contribution < 1.29 is 9.84 Å². The first kappa shape index (κ1) is 15.3. The summed E-state index contributed by atoms with van der Waals surface area (Å²) in [5.41, 5.74) is 0.122. The van der Waals surface area contributed by atoms with Crippen molar-refractivity contribution in [3.63, 3.8) is 0 Å². The number of rotatable bonds is 7. The van der Waals surface area contributed by atoms with Gasteiger partial charge in [0.2, 0.25) is 0 Å². The molecule has 1 aromatic rings. The molecule has 0 saturated heterocycles. The minimum Gasteiger partial charge on any atom is -0.493 e. The van der Waals surface area contributed by atoms with Crippen LogP contribution in [0.3, 0.4) is 0 Å². The Morgan fingerprint density at radius 1 is 1.47 bits per heavy atom. The molecule has 1 rings (SSSR count). The molecule has 0 aliphatic carbocycles. The van der Waals surface area contributed by atoms with Gasteiger partial charge in [-0.25, -0.2) is 0 Å². The summed E-state index contributed by atoms with van der Waals surface area (Å²) in [4.78, 5) is 0. The van der Waals surface area contributed by atoms with E-state index in [9.17, 15) is 5.11 Å². The normalized spacial score (nSPS) is 12.6. The zero-order valence-corrected chi connectivity index (χ0v) is 11.8. The van der Waals surface area contributed by atoms with Crippen LogP contribution in [0, 0.1) is 11.3 Å². The molecule has 1 unspecified atom stereocenters. The van der Waals surface area contributed by atoms with Gasteiger partial charge in [0.1, 0.15) is 5.75 Å². The van der Waals surface area contributed by atoms with Gasteiger partial charge in [0.25, 0.3) is 0 Å². The highest BCUT2D eigenvalue weighted by Crippen LogP contribution is 2.20. The van der Waals surface area contributed by atoms with Crippen LogP contribution >= 0.6 is 0 Å². The van der Waals surface area contributed by atoms with E-state index in [-0.39, 0.29) is 6.04 Å². The molecule has 4 nitrogen and oxygen atoms in total. The lowest BCUT2D eigenvalue weighted by Gasteiger charge is -2.27. The van der Waals surface area contributed by atoms with Gasteiger partial charge in [0.15, 0.2) is 0 Å². The number of nitriles is 1. The molecule has 0 aliphatic heterocycles. The highest BCUT2D eigenvalue weighted by Gasteiger charge is 2.21. The fourth-order valence-electron chi connectivity index (χ4n) is 1.44. The molecule has 1 aromatic carbocycles. The Morgan fingerprint density at radius 2 is 2.21 bits per heavy atom. The molecule has 0 saturated carbocycles. The summed E-state index contributed by atoms with van der Waals surface area (Å²) >= 11 is 0. The molecule has 2 N–H and O–H groups in total. The maximum Gasteiger partial charge on any atom is 0.121 e. The molecule has 0 aliphatic rings. The third kappa shape index (κ3) is 5.62. The summed E-state index contributed by atoms with van der Waals surface area (Å²) in [6.45, 7) is 6.01. The van der Waals surface area contributed by atoms with E-state index in [2.05, 4.69) is 11.4 Å². The first-order chi connectivity index (χ1) is 8.93. The van der Waals surface area contributed by atoms with Gasteiger partial charge < -0.3 is 15.2 Å². The van der Waals surface area contributed by atoms with Crippen molar-refractivity contribution in [2.75, 3.05) is 11.9 Å². The van der Waals surface area contributed by atoms with Crippen molar-refractivity contribution in [2.45, 2.75) is 45.3 Å². The van der Waals surface area contributed by atoms with Crippen molar-refractivity contribution >= 4 is 5.69 Å². The largest absolute Gasteiger partial charge is 0.493 e. The zero-order chi connectivity index (χ0) is 14.3. The number of nitrogens with zero attached hydrogens (tertiary/aromatic N) is 1. The number of benzene rings is 1. The Hall–Kier alpha value is -1.73. The molecular formula is C15H22N2O2. The molecule has 4 heteroatoms. The number of hydrogen-bond donors (Lipinski definition) is 2. The van der Waals surface area contributed by atoms with Crippen LogP contribution < -0.4 is 10.1 Å². The van der Waals surface area contributed by atoms with E-state index < -0.39 is 5.60 Å². The molecule has 0 bridgehead atoms. The quantitative estimate of drug-likeness (QED) is 0.741. The summed E-state index contributed by atoms with van der Waals surface area (Å²) in [6.07, 6.45) is 1.24. The first-order valence-corrected chi connectivity index (χ1v) is 6.52. The SMILES string of the molecule is CC(Nc1cccc(OCCCC#N)c1)C(C)(C)O. The minimum absolute atomic E-state index is 0.0682. The number of nitrogens with one attached hydrogen (secondary N) is 1. The number of hydrogen-bond acceptors (Lipinski definition) is 4. The first-order valence-electron chi connectivity index (χ1n) is 6.52. The van der Waals surface area contributed by atoms with E-state index in [0.717, 1.165) is 17.9 Å². The second-order valence-corrected chi connectivity index (χ2v) is 5.16. The van der Waals surface area contributed by atoms with E-state index in [0.29, 0.717) is 13.0 Å². The zero-order valence-electron chi connectivity index (χ0n) is 11.8. The van der Waals surface area contributed by atoms with Gasteiger partial charge in [-0.05, 0) is 39.3 Å². The Balaban J connectivity index is 2.55. The molecule has 0 aromatic heterocycles. The second-order valence-electron chi connectivity index (χ2n) is 5.16. The molecule has 1 atom stereocenters. The van der Waals surface area contributed by atoms with Gasteiger partial charge >= 0.3 is 0 Å². The maximum absolute atomic E-state index is 9.89. The average molecular weight is 262 g/mol. The lowest BCUT2D eigenvalue weighted by molar-refractivity contribution is 0.0649. The smallest absolute Gasteiger partial charge is 0.121 e. The molecule has 0 fully saturated rings. The molecule has 0 spiro atoms. The van der Waals surface area contributed by atoms with E-state index >= 15 is 0 Å². The molecular weight excluding hydrogens is 240 g/mol. The fourth-order valence-corrected chi connectivity index (χ4v) is 1.44. The number of ether oxygens (including phenoxy) is 1. The summed E-state index contributed by atoms with van der Waals surface area (Å²) in [6, 6.07) is 9.64. The van der Waals surface area contributed by atoms with Crippen molar-refractivity contribution in [1.82, 2.24) is 0 Å². The number of aliphatic hydroxyl groups is 1. The van der Waals surface area contributed by atoms with Gasteiger partial charge in [-0.1, -0.05) is 6.07 Å². The van der Waals surface area contributed by atoms with Crippen LogP contribution in [0.15, 0.2) is 24.3 Å². The molecule has 104 valence electrons. The van der Waals surface area contributed by atoms with Crippen LogP contribution in [0.4, 0.5) is 5.69 Å². The topological polar surface area (TPSA) is 65.3 Å². The van der Waals surface area contributed by atoms with Crippen molar-refractivity contribution in [1.29, 1.82) is 5.26 Å². The minimum atomic E-state index is -0.788. The van der Waals surface area contributed by atoms with E-state index in [1.165, 1.54) is 0 Å². The van der Waals surface area contributed by atoms with Crippen molar-refractivity contribution in [2.24, 2.45) is 0 Å². The lowest BCUT2D eigenvalue weighted by Crippen LogP contribution is -2.39. The number of anilines is 1. The van der Waals surface area contributed by atoms with Gasteiger partial charge in [-0.2, -0.15) is 5.26 Å². The highest BCUT2D eigenvalue weighted by atomic mass is 16.5. The molecule has 0 amide bonds. The summed E-state index contributed by atoms with van der Waals surface area (Å²) in [5.74, 6) is 0.769. The van der Waals surface area contributed by atoms with Gasteiger partial charge in [-0.3, -0.25) is 0 Å². The third-order valence-electron chi connectivity index (χ3n) is 2.98. The van der Waals surface area contributed by atoms with E-state index in [1.54, 1.807) is 13.8 Å². The summed E-state index contributed by atoms with van der Waals surface area (Å²) in [5, 5.41) is 21.6. The van der Waals surface area contributed by atoms with E-state index in [4.69, 9.17) is 10.00 Å². The van der Waals surface area contributed by atoms with Gasteiger partial charge in [-0.15, -0.1) is 0 Å². The molecule has 19 heavy (non-hydrogen) atoms. The summed E-state index contributed by atoms with van der Waals surface area (Å²) in [7, 11) is 0. The van der Waals surface area contributed by atoms with Crippen LogP contribution in [0.2, 0.25) is 0 Å². The Bertz CT molecular complexity index is 433. The fraction of sp³-hybridized carbons (Fsp3) is 0.533. The maximum atomic E-state index is 9.89. The Kier molecular flexibility index (Phi) is 5.65. The van der Waals surface area contributed by atoms with Crippen LogP contribution in [0.25, 0.3) is 0 Å². The van der Waals surface area contributed by atoms with Crippen LogP contribution in [-0.2, 0) is 0 Å². The predicted molar refractivity (Wildman–Crippen MR) is 76.2 cm³/mol. The van der Waals surface area contributed by atoms with Crippen LogP contribution in [0.5, 0.6) is 5.75 Å². The van der Waals surface area contributed by atoms with Crippen LogP contribution in [-0.4, -0.2) is 23.4 Å².